The molecule has 1 fully saturated rings. The van der Waals surface area contributed by atoms with Crippen LogP contribution >= 0.6 is 11.8 Å². The van der Waals surface area contributed by atoms with E-state index in [1.165, 1.54) is 0 Å². The molecule has 0 aromatic heterocycles. The minimum absolute atomic E-state index is 0.0783. The largest absolute Gasteiger partial charge is 0.344 e. The quantitative estimate of drug-likeness (QED) is 0.648. The second-order valence-corrected chi connectivity index (χ2v) is 10.4. The molecular formula is C20H17N5O5S2. The van der Waals surface area contributed by atoms with Crippen molar-refractivity contribution in [2.75, 3.05) is 17.2 Å². The van der Waals surface area contributed by atoms with Crippen molar-refractivity contribution in [1.29, 1.82) is 0 Å². The number of thioether (sulfide) groups is 1. The lowest BCUT2D eigenvalue weighted by Crippen LogP contribution is -2.47. The number of nitrogens with one attached hydrogen (secondary N) is 2. The Bertz CT molecular complexity index is 1310. The van der Waals surface area contributed by atoms with Gasteiger partial charge in [-0.1, -0.05) is 30.3 Å². The van der Waals surface area contributed by atoms with Gasteiger partial charge in [-0.2, -0.15) is 5.01 Å². The first-order chi connectivity index (χ1) is 15.2. The Hall–Kier alpha value is -3.38. The summed E-state index contributed by atoms with van der Waals surface area (Å²) < 4.78 is 27.3. The molecule has 32 heavy (non-hydrogen) atoms. The van der Waals surface area contributed by atoms with Gasteiger partial charge in [0.1, 0.15) is 5.54 Å². The zero-order chi connectivity index (χ0) is 22.7. The molecule has 0 spiro atoms. The molecule has 4 amide bonds. The monoisotopic (exact) mass is 471 g/mol. The number of urea groups is 1. The van der Waals surface area contributed by atoms with Crippen molar-refractivity contribution in [3.63, 3.8) is 0 Å². The number of hydrazine groups is 1. The standard InChI is InChI=1S/C20H17N5O5S2/c1-20(13-5-3-2-4-6-13)17(27)25(18(28)21-20)22-16(26)12-7-8-14-15(11-12)31-19-23-32(29,30)10-9-24(14)19/h2-8,11H,9-10H2,1H3,(H,21,28)(H,22,26). The number of amidine groups is 1. The molecule has 5 rings (SSSR count). The minimum Gasteiger partial charge on any atom is -0.318 e. The number of rotatable bonds is 3. The van der Waals surface area contributed by atoms with Crippen LogP contribution in [-0.2, 0) is 20.4 Å². The Labute approximate surface area is 187 Å². The van der Waals surface area contributed by atoms with E-state index in [1.807, 2.05) is 0 Å². The molecule has 0 radical (unpaired) electrons. The highest BCUT2D eigenvalue weighted by atomic mass is 32.2. The van der Waals surface area contributed by atoms with E-state index in [2.05, 4.69) is 15.1 Å². The van der Waals surface area contributed by atoms with Crippen LogP contribution in [0.15, 0.2) is 57.8 Å². The molecule has 3 aliphatic heterocycles. The van der Waals surface area contributed by atoms with E-state index in [1.54, 1.807) is 60.4 Å². The first-order valence-electron chi connectivity index (χ1n) is 9.63. The zero-order valence-corrected chi connectivity index (χ0v) is 18.4. The van der Waals surface area contributed by atoms with Gasteiger partial charge in [0, 0.05) is 17.0 Å². The van der Waals surface area contributed by atoms with Crippen LogP contribution in [0.2, 0.25) is 0 Å². The number of carbonyl (C=O) groups excluding carboxylic acids is 3. The van der Waals surface area contributed by atoms with Crippen LogP contribution in [0.5, 0.6) is 0 Å². The van der Waals surface area contributed by atoms with E-state index in [-0.39, 0.29) is 17.9 Å². The average molecular weight is 472 g/mol. The average Bonchev–Trinajstić information content (AvgIpc) is 3.22. The summed E-state index contributed by atoms with van der Waals surface area (Å²) in [5.74, 6) is -1.33. The molecule has 12 heteroatoms. The molecule has 2 N–H and O–H groups in total. The topological polar surface area (TPSA) is 128 Å². The number of sulfonamides is 1. The van der Waals surface area contributed by atoms with Crippen LogP contribution in [-0.4, -0.2) is 48.7 Å². The fourth-order valence-electron chi connectivity index (χ4n) is 3.75. The number of benzene rings is 2. The number of nitrogens with zero attached hydrogens (tertiary/aromatic N) is 3. The van der Waals surface area contributed by atoms with E-state index >= 15 is 0 Å². The van der Waals surface area contributed by atoms with Gasteiger partial charge in [0.2, 0.25) is 0 Å². The van der Waals surface area contributed by atoms with Gasteiger partial charge in [0.25, 0.3) is 21.8 Å². The smallest absolute Gasteiger partial charge is 0.318 e. The van der Waals surface area contributed by atoms with Crippen molar-refractivity contribution in [3.05, 3.63) is 59.7 Å². The molecule has 0 saturated carbocycles. The van der Waals surface area contributed by atoms with Gasteiger partial charge in [0.15, 0.2) is 5.17 Å². The summed E-state index contributed by atoms with van der Waals surface area (Å²) in [6, 6.07) is 12.8. The molecule has 164 valence electrons. The molecule has 3 aliphatic rings. The van der Waals surface area contributed by atoms with Crippen molar-refractivity contribution in [2.45, 2.75) is 17.4 Å². The molecule has 0 aliphatic carbocycles. The fraction of sp³-hybridized carbons (Fsp3) is 0.200. The summed E-state index contributed by atoms with van der Waals surface area (Å²) in [6.45, 7) is 1.86. The van der Waals surface area contributed by atoms with Crippen LogP contribution in [0.3, 0.4) is 0 Å². The molecule has 2 aromatic rings. The lowest BCUT2D eigenvalue weighted by molar-refractivity contribution is -0.132. The van der Waals surface area contributed by atoms with E-state index in [9.17, 15) is 22.8 Å². The molecule has 1 atom stereocenters. The second kappa shape index (κ2) is 7.07. The van der Waals surface area contributed by atoms with Crippen molar-refractivity contribution in [1.82, 2.24) is 15.8 Å². The summed E-state index contributed by atoms with van der Waals surface area (Å²) in [5.41, 5.74) is 2.64. The third-order valence-electron chi connectivity index (χ3n) is 5.49. The number of hydrogen-bond acceptors (Lipinski definition) is 7. The maximum atomic E-state index is 13.0. The first kappa shape index (κ1) is 20.5. The van der Waals surface area contributed by atoms with Crippen molar-refractivity contribution < 1.29 is 22.8 Å². The number of imide groups is 1. The van der Waals surface area contributed by atoms with Crippen molar-refractivity contribution in [3.8, 4) is 0 Å². The van der Waals surface area contributed by atoms with Crippen LogP contribution in [0.4, 0.5) is 10.5 Å². The van der Waals surface area contributed by atoms with Gasteiger partial charge in [-0.05, 0) is 42.4 Å². The van der Waals surface area contributed by atoms with Gasteiger partial charge < -0.3 is 10.2 Å². The highest BCUT2D eigenvalue weighted by Crippen LogP contribution is 2.42. The van der Waals surface area contributed by atoms with E-state index in [0.717, 1.165) is 17.4 Å². The third kappa shape index (κ3) is 3.22. The molecule has 0 bridgehead atoms. The third-order valence-corrected chi connectivity index (χ3v) is 7.80. The van der Waals surface area contributed by atoms with Crippen LogP contribution < -0.4 is 15.6 Å². The number of carbonyl (C=O) groups is 3. The van der Waals surface area contributed by atoms with Gasteiger partial charge in [-0.15, -0.1) is 4.40 Å². The zero-order valence-electron chi connectivity index (χ0n) is 16.7. The van der Waals surface area contributed by atoms with Gasteiger partial charge in [0.05, 0.1) is 11.4 Å². The number of hydrogen-bond donors (Lipinski definition) is 2. The molecule has 1 unspecified atom stereocenters. The lowest BCUT2D eigenvalue weighted by atomic mass is 9.92. The highest BCUT2D eigenvalue weighted by Gasteiger charge is 2.50. The SMILES string of the molecule is CC1(c2ccccc2)NC(=O)N(NC(=O)c2ccc3c(c2)SC2=NS(=O)(=O)CCN23)C1=O. The Morgan fingerprint density at radius 1 is 1.19 bits per heavy atom. The van der Waals surface area contributed by atoms with Crippen molar-refractivity contribution >= 4 is 50.5 Å². The predicted octanol–water partition coefficient (Wildman–Crippen LogP) is 1.41. The van der Waals surface area contributed by atoms with E-state index < -0.39 is 33.4 Å². The van der Waals surface area contributed by atoms with Crippen LogP contribution in [0.1, 0.15) is 22.8 Å². The molecule has 3 heterocycles. The summed E-state index contributed by atoms with van der Waals surface area (Å²) >= 11 is 1.15. The van der Waals surface area contributed by atoms with Gasteiger partial charge in [-0.25, -0.2) is 13.2 Å². The van der Waals surface area contributed by atoms with E-state index in [4.69, 9.17) is 0 Å². The summed E-state index contributed by atoms with van der Waals surface area (Å²) in [6.07, 6.45) is 0. The van der Waals surface area contributed by atoms with Crippen LogP contribution in [0.25, 0.3) is 0 Å². The first-order valence-corrected chi connectivity index (χ1v) is 12.1. The van der Waals surface area contributed by atoms with Gasteiger partial charge >= 0.3 is 6.03 Å². The number of amides is 4. The molecule has 2 aromatic carbocycles. The normalized spacial score (nSPS) is 23.3. The van der Waals surface area contributed by atoms with Crippen LogP contribution in [0, 0.1) is 0 Å². The Morgan fingerprint density at radius 2 is 1.94 bits per heavy atom. The number of anilines is 1. The van der Waals surface area contributed by atoms with Crippen molar-refractivity contribution in [2.24, 2.45) is 4.40 Å². The van der Waals surface area contributed by atoms with Gasteiger partial charge in [-0.3, -0.25) is 15.0 Å². The minimum atomic E-state index is -3.49. The number of fused-ring (bicyclic) bond motifs is 3. The maximum absolute atomic E-state index is 13.0. The Morgan fingerprint density at radius 3 is 2.69 bits per heavy atom. The lowest BCUT2D eigenvalue weighted by Gasteiger charge is -2.22. The predicted molar refractivity (Wildman–Crippen MR) is 118 cm³/mol. The fourth-order valence-corrected chi connectivity index (χ4v) is 6.04. The highest BCUT2D eigenvalue weighted by molar-refractivity contribution is 8.15. The molecular weight excluding hydrogens is 454 g/mol. The summed E-state index contributed by atoms with van der Waals surface area (Å²) in [7, 11) is -3.49. The molecule has 10 nitrogen and oxygen atoms in total. The van der Waals surface area contributed by atoms with E-state index in [0.29, 0.717) is 20.6 Å². The Kier molecular flexibility index (Phi) is 4.53. The molecule has 1 saturated heterocycles. The maximum Gasteiger partial charge on any atom is 0.344 e. The summed E-state index contributed by atoms with van der Waals surface area (Å²) in [4.78, 5) is 40.7. The summed E-state index contributed by atoms with van der Waals surface area (Å²) in [5, 5.41) is 3.65. The Balaban J connectivity index is 1.37. The second-order valence-electron chi connectivity index (χ2n) is 7.60.